The molecule has 82 valence electrons. The first kappa shape index (κ1) is 12.0. The fraction of sp³-hybridized carbons (Fsp3) is 0.467. The van der Waals surface area contributed by atoms with Gasteiger partial charge in [0.05, 0.1) is 0 Å². The zero-order valence-corrected chi connectivity index (χ0v) is 10.3. The Balaban J connectivity index is 2.53. The molecule has 0 heteroatoms. The van der Waals surface area contributed by atoms with Crippen molar-refractivity contribution in [1.82, 2.24) is 0 Å². The summed E-state index contributed by atoms with van der Waals surface area (Å²) in [6.07, 6.45) is 5.72. The summed E-state index contributed by atoms with van der Waals surface area (Å²) < 4.78 is 0. The van der Waals surface area contributed by atoms with E-state index in [0.29, 0.717) is 11.8 Å². The summed E-state index contributed by atoms with van der Waals surface area (Å²) in [5.74, 6) is 1.29. The third kappa shape index (κ3) is 4.33. The Hall–Kier alpha value is -1.04. The lowest BCUT2D eigenvalue weighted by atomic mass is 9.96. The van der Waals surface area contributed by atoms with Crippen LogP contribution in [0.3, 0.4) is 0 Å². The van der Waals surface area contributed by atoms with Crippen LogP contribution in [0.5, 0.6) is 0 Å². The molecule has 0 amide bonds. The van der Waals surface area contributed by atoms with Crippen LogP contribution in [0.2, 0.25) is 0 Å². The van der Waals surface area contributed by atoms with E-state index in [1.165, 1.54) is 11.1 Å². The van der Waals surface area contributed by atoms with Crippen LogP contribution in [-0.2, 0) is 0 Å². The second kappa shape index (κ2) is 5.75. The van der Waals surface area contributed by atoms with Gasteiger partial charge in [-0.25, -0.2) is 0 Å². The predicted molar refractivity (Wildman–Crippen MR) is 68.2 cm³/mol. The van der Waals surface area contributed by atoms with Gasteiger partial charge in [-0.05, 0) is 30.7 Å². The van der Waals surface area contributed by atoms with E-state index < -0.39 is 0 Å². The van der Waals surface area contributed by atoms with E-state index in [1.807, 2.05) is 0 Å². The summed E-state index contributed by atoms with van der Waals surface area (Å²) in [6, 6.07) is 8.86. The average Bonchev–Trinajstić information content (AvgIpc) is 2.18. The molecule has 0 spiro atoms. The van der Waals surface area contributed by atoms with Crippen LogP contribution in [0.15, 0.2) is 36.4 Å². The smallest absolute Gasteiger partial charge is 0.0156 e. The number of rotatable bonds is 4. The summed E-state index contributed by atoms with van der Waals surface area (Å²) in [4.78, 5) is 0. The number of benzene rings is 1. The average molecular weight is 202 g/mol. The van der Waals surface area contributed by atoms with E-state index in [9.17, 15) is 0 Å². The fourth-order valence-corrected chi connectivity index (χ4v) is 1.59. The molecule has 1 aromatic carbocycles. The van der Waals surface area contributed by atoms with E-state index >= 15 is 0 Å². The van der Waals surface area contributed by atoms with Crippen LogP contribution in [0.25, 0.3) is 0 Å². The fourth-order valence-electron chi connectivity index (χ4n) is 1.59. The number of allylic oxidation sites excluding steroid dienone is 2. The molecule has 1 aromatic rings. The van der Waals surface area contributed by atoms with Crippen molar-refractivity contribution >= 4 is 0 Å². The molecule has 0 N–H and O–H groups in total. The largest absolute Gasteiger partial charge is 0.0877 e. The summed E-state index contributed by atoms with van der Waals surface area (Å²) in [5.41, 5.74) is 2.78. The monoisotopic (exact) mass is 202 g/mol. The number of hydrogen-bond acceptors (Lipinski definition) is 0. The SMILES string of the molecule is Cc1ccc(C(C)CC=CC(C)C)cc1. The lowest BCUT2D eigenvalue weighted by Gasteiger charge is -2.09. The Morgan fingerprint density at radius 3 is 2.20 bits per heavy atom. The summed E-state index contributed by atoms with van der Waals surface area (Å²) in [6.45, 7) is 8.85. The highest BCUT2D eigenvalue weighted by molar-refractivity contribution is 5.24. The first-order valence-electron chi connectivity index (χ1n) is 5.83. The molecule has 0 heterocycles. The van der Waals surface area contributed by atoms with Crippen molar-refractivity contribution in [2.75, 3.05) is 0 Å². The van der Waals surface area contributed by atoms with Gasteiger partial charge in [-0.15, -0.1) is 0 Å². The Morgan fingerprint density at radius 2 is 1.67 bits per heavy atom. The van der Waals surface area contributed by atoms with Crippen LogP contribution < -0.4 is 0 Å². The molecule has 0 aromatic heterocycles. The van der Waals surface area contributed by atoms with Gasteiger partial charge in [-0.1, -0.05) is 62.8 Å². The van der Waals surface area contributed by atoms with Gasteiger partial charge in [-0.2, -0.15) is 0 Å². The van der Waals surface area contributed by atoms with E-state index in [-0.39, 0.29) is 0 Å². The summed E-state index contributed by atoms with van der Waals surface area (Å²) >= 11 is 0. The van der Waals surface area contributed by atoms with E-state index in [4.69, 9.17) is 0 Å². The van der Waals surface area contributed by atoms with Crippen molar-refractivity contribution in [2.45, 2.75) is 40.0 Å². The van der Waals surface area contributed by atoms with Gasteiger partial charge in [0.2, 0.25) is 0 Å². The van der Waals surface area contributed by atoms with Gasteiger partial charge in [0.15, 0.2) is 0 Å². The van der Waals surface area contributed by atoms with Crippen molar-refractivity contribution in [3.63, 3.8) is 0 Å². The van der Waals surface area contributed by atoms with Gasteiger partial charge in [0, 0.05) is 0 Å². The van der Waals surface area contributed by atoms with Gasteiger partial charge in [0.1, 0.15) is 0 Å². The molecule has 15 heavy (non-hydrogen) atoms. The molecule has 1 rings (SSSR count). The highest BCUT2D eigenvalue weighted by Crippen LogP contribution is 2.19. The molecular weight excluding hydrogens is 180 g/mol. The van der Waals surface area contributed by atoms with Crippen LogP contribution in [0, 0.1) is 12.8 Å². The Morgan fingerprint density at radius 1 is 1.07 bits per heavy atom. The Labute approximate surface area is 94.0 Å². The van der Waals surface area contributed by atoms with Crippen LogP contribution >= 0.6 is 0 Å². The minimum absolute atomic E-state index is 0.626. The predicted octanol–water partition coefficient (Wildman–Crippen LogP) is 4.70. The Bertz CT molecular complexity index is 303. The first-order chi connectivity index (χ1) is 7.09. The molecule has 0 fully saturated rings. The standard InChI is InChI=1S/C15H22/c1-12(2)6-5-7-14(4)15-10-8-13(3)9-11-15/h5-6,8-12,14H,7H2,1-4H3. The summed E-state index contributed by atoms with van der Waals surface area (Å²) in [7, 11) is 0. The number of hydrogen-bond donors (Lipinski definition) is 0. The molecule has 0 saturated heterocycles. The maximum atomic E-state index is 2.30. The molecule has 1 atom stereocenters. The van der Waals surface area contributed by atoms with Crippen LogP contribution in [-0.4, -0.2) is 0 Å². The third-order valence-corrected chi connectivity index (χ3v) is 2.66. The van der Waals surface area contributed by atoms with Crippen molar-refractivity contribution in [1.29, 1.82) is 0 Å². The maximum Gasteiger partial charge on any atom is -0.0156 e. The second-order valence-electron chi connectivity index (χ2n) is 4.72. The second-order valence-corrected chi connectivity index (χ2v) is 4.72. The van der Waals surface area contributed by atoms with Gasteiger partial charge in [-0.3, -0.25) is 0 Å². The highest BCUT2D eigenvalue weighted by atomic mass is 14.1. The van der Waals surface area contributed by atoms with Crippen molar-refractivity contribution in [3.8, 4) is 0 Å². The summed E-state index contributed by atoms with van der Waals surface area (Å²) in [5, 5.41) is 0. The van der Waals surface area contributed by atoms with E-state index in [0.717, 1.165) is 6.42 Å². The molecule has 0 aliphatic carbocycles. The molecule has 0 aliphatic rings. The molecule has 0 nitrogen and oxygen atoms in total. The topological polar surface area (TPSA) is 0 Å². The van der Waals surface area contributed by atoms with Crippen molar-refractivity contribution < 1.29 is 0 Å². The lowest BCUT2D eigenvalue weighted by molar-refractivity contribution is 0.762. The van der Waals surface area contributed by atoms with E-state index in [1.54, 1.807) is 0 Å². The zero-order chi connectivity index (χ0) is 11.3. The molecule has 1 unspecified atom stereocenters. The highest BCUT2D eigenvalue weighted by Gasteiger charge is 2.02. The molecular formula is C15H22. The minimum atomic E-state index is 0.626. The van der Waals surface area contributed by atoms with Crippen molar-refractivity contribution in [2.24, 2.45) is 5.92 Å². The molecule has 0 aliphatic heterocycles. The van der Waals surface area contributed by atoms with Gasteiger partial charge in [0.25, 0.3) is 0 Å². The first-order valence-corrected chi connectivity index (χ1v) is 5.83. The maximum absolute atomic E-state index is 2.30. The van der Waals surface area contributed by atoms with Crippen molar-refractivity contribution in [3.05, 3.63) is 47.5 Å². The number of aryl methyl sites for hydroxylation is 1. The molecule has 0 saturated carbocycles. The van der Waals surface area contributed by atoms with Crippen LogP contribution in [0.1, 0.15) is 44.2 Å². The zero-order valence-electron chi connectivity index (χ0n) is 10.3. The van der Waals surface area contributed by atoms with Gasteiger partial charge >= 0.3 is 0 Å². The molecule has 0 radical (unpaired) electrons. The van der Waals surface area contributed by atoms with Gasteiger partial charge < -0.3 is 0 Å². The normalized spacial score (nSPS) is 13.7. The third-order valence-electron chi connectivity index (χ3n) is 2.66. The van der Waals surface area contributed by atoms with E-state index in [2.05, 4.69) is 64.1 Å². The quantitative estimate of drug-likeness (QED) is 0.621. The minimum Gasteiger partial charge on any atom is -0.0877 e. The molecule has 0 bridgehead atoms. The Kier molecular flexibility index (Phi) is 4.61. The lowest BCUT2D eigenvalue weighted by Crippen LogP contribution is -1.91. The van der Waals surface area contributed by atoms with Crippen LogP contribution in [0.4, 0.5) is 0 Å².